The van der Waals surface area contributed by atoms with E-state index in [1.165, 1.54) is 16.8 Å². The Kier molecular flexibility index (Phi) is 4.61. The highest BCUT2D eigenvalue weighted by atomic mass is 19.1. The van der Waals surface area contributed by atoms with Gasteiger partial charge >= 0.3 is 6.03 Å². The summed E-state index contributed by atoms with van der Waals surface area (Å²) in [4.78, 5) is 18.2. The van der Waals surface area contributed by atoms with Crippen molar-refractivity contribution in [3.05, 3.63) is 48.0 Å². The van der Waals surface area contributed by atoms with Gasteiger partial charge in [-0.3, -0.25) is 0 Å². The topological polar surface area (TPSA) is 81.5 Å². The van der Waals surface area contributed by atoms with E-state index in [0.717, 1.165) is 30.5 Å². The second kappa shape index (κ2) is 7.41. The van der Waals surface area contributed by atoms with E-state index in [-0.39, 0.29) is 17.8 Å². The van der Waals surface area contributed by atoms with Crippen LogP contribution in [0.25, 0.3) is 16.7 Å². The first-order valence-corrected chi connectivity index (χ1v) is 9.58. The molecule has 9 heteroatoms. The highest BCUT2D eigenvalue weighted by Crippen LogP contribution is 2.25. The number of amides is 2. The van der Waals surface area contributed by atoms with Gasteiger partial charge in [-0.05, 0) is 30.7 Å². The number of ether oxygens (including phenoxy) is 2. The second-order valence-electron chi connectivity index (χ2n) is 7.13. The summed E-state index contributed by atoms with van der Waals surface area (Å²) in [7, 11) is 0. The number of nitrogens with one attached hydrogen (secondary N) is 1. The van der Waals surface area contributed by atoms with Crippen LogP contribution in [-0.2, 0) is 9.47 Å². The van der Waals surface area contributed by atoms with Gasteiger partial charge in [0.2, 0.25) is 0 Å². The number of rotatable bonds is 3. The molecular formula is C20H20FN5O3. The lowest BCUT2D eigenvalue weighted by Gasteiger charge is -2.30. The van der Waals surface area contributed by atoms with Crippen LogP contribution in [0.5, 0.6) is 0 Å². The molecule has 0 saturated carbocycles. The van der Waals surface area contributed by atoms with Crippen molar-refractivity contribution in [3.8, 4) is 5.69 Å². The molecule has 2 aliphatic rings. The Morgan fingerprint density at radius 1 is 1.24 bits per heavy atom. The van der Waals surface area contributed by atoms with E-state index in [4.69, 9.17) is 9.47 Å². The molecule has 0 radical (unpaired) electrons. The minimum absolute atomic E-state index is 0.166. The number of nitrogens with zero attached hydrogens (tertiary/aromatic N) is 4. The van der Waals surface area contributed by atoms with Crippen molar-refractivity contribution in [3.63, 3.8) is 0 Å². The van der Waals surface area contributed by atoms with Gasteiger partial charge in [0.15, 0.2) is 5.65 Å². The number of aromatic nitrogens is 3. The first kappa shape index (κ1) is 18.0. The Hall–Kier alpha value is -3.04. The van der Waals surface area contributed by atoms with Crippen molar-refractivity contribution in [2.75, 3.05) is 38.2 Å². The predicted molar refractivity (Wildman–Crippen MR) is 104 cm³/mol. The molecule has 1 aromatic carbocycles. The van der Waals surface area contributed by atoms with Crippen LogP contribution in [0, 0.1) is 5.82 Å². The molecule has 8 nitrogen and oxygen atoms in total. The summed E-state index contributed by atoms with van der Waals surface area (Å²) in [5, 5.41) is 7.95. The van der Waals surface area contributed by atoms with Crippen LogP contribution >= 0.6 is 0 Å². The van der Waals surface area contributed by atoms with E-state index in [0.29, 0.717) is 31.2 Å². The standard InChI is InChI=1S/C20H20FN5O3/c21-16-3-2-15(23-20(27)25-4-1-5-25)9-17(16)26-11-14-8-13(10-22-19(14)24-26)18-12-28-6-7-29-18/h2-3,8-11,18H,1,4-7,12H2,(H,23,27). The molecule has 3 aromatic rings. The molecule has 1 N–H and O–H groups in total. The lowest BCUT2D eigenvalue weighted by Crippen LogP contribution is -2.44. The Balaban J connectivity index is 1.43. The zero-order valence-corrected chi connectivity index (χ0v) is 15.7. The van der Waals surface area contributed by atoms with Crippen molar-refractivity contribution in [1.29, 1.82) is 0 Å². The number of likely N-dealkylation sites (tertiary alicyclic amines) is 1. The van der Waals surface area contributed by atoms with E-state index in [1.807, 2.05) is 6.07 Å². The Morgan fingerprint density at radius 3 is 2.90 bits per heavy atom. The van der Waals surface area contributed by atoms with Gasteiger partial charge in [0, 0.05) is 42.1 Å². The average molecular weight is 397 g/mol. The van der Waals surface area contributed by atoms with Crippen LogP contribution in [0.3, 0.4) is 0 Å². The SMILES string of the molecule is O=C(Nc1ccc(F)c(-n2cc3cc(C4COCCO4)cnc3n2)c1)N1CCC1. The largest absolute Gasteiger partial charge is 0.376 e. The van der Waals surface area contributed by atoms with Crippen LogP contribution in [0.2, 0.25) is 0 Å². The molecule has 5 rings (SSSR count). The Bertz CT molecular complexity index is 1060. The molecule has 2 aliphatic heterocycles. The molecule has 0 aliphatic carbocycles. The van der Waals surface area contributed by atoms with Crippen LogP contribution in [0.1, 0.15) is 18.1 Å². The van der Waals surface area contributed by atoms with Crippen LogP contribution in [0.4, 0.5) is 14.9 Å². The summed E-state index contributed by atoms with van der Waals surface area (Å²) in [6, 6.07) is 6.17. The minimum atomic E-state index is -0.441. The fourth-order valence-corrected chi connectivity index (χ4v) is 3.40. The third-order valence-electron chi connectivity index (χ3n) is 5.16. The molecule has 150 valence electrons. The van der Waals surface area contributed by atoms with Crippen molar-refractivity contribution >= 4 is 22.8 Å². The molecule has 0 bridgehead atoms. The van der Waals surface area contributed by atoms with Gasteiger partial charge in [-0.1, -0.05) is 0 Å². The summed E-state index contributed by atoms with van der Waals surface area (Å²) in [5.74, 6) is -0.441. The quantitative estimate of drug-likeness (QED) is 0.735. The van der Waals surface area contributed by atoms with Gasteiger partial charge in [-0.2, -0.15) is 0 Å². The van der Waals surface area contributed by atoms with Gasteiger partial charge in [0.25, 0.3) is 0 Å². The lowest BCUT2D eigenvalue weighted by atomic mass is 10.1. The third-order valence-corrected chi connectivity index (χ3v) is 5.16. The van der Waals surface area contributed by atoms with Crippen molar-refractivity contribution in [2.24, 2.45) is 0 Å². The average Bonchev–Trinajstić information content (AvgIpc) is 3.12. The van der Waals surface area contributed by atoms with E-state index < -0.39 is 5.82 Å². The smallest absolute Gasteiger partial charge is 0.321 e. The van der Waals surface area contributed by atoms with Crippen molar-refractivity contribution in [1.82, 2.24) is 19.7 Å². The van der Waals surface area contributed by atoms with Gasteiger partial charge in [0.05, 0.1) is 19.8 Å². The fraction of sp³-hybridized carbons (Fsp3) is 0.350. The summed E-state index contributed by atoms with van der Waals surface area (Å²) in [6.07, 6.45) is 4.27. The monoisotopic (exact) mass is 397 g/mol. The summed E-state index contributed by atoms with van der Waals surface area (Å²) in [6.45, 7) is 3.11. The van der Waals surface area contributed by atoms with Crippen LogP contribution in [0.15, 0.2) is 36.7 Å². The van der Waals surface area contributed by atoms with Crippen molar-refractivity contribution < 1.29 is 18.7 Å². The number of urea groups is 1. The van der Waals surface area contributed by atoms with Crippen LogP contribution in [-0.4, -0.2) is 58.6 Å². The normalized spacial score (nSPS) is 19.2. The Morgan fingerprint density at radius 2 is 2.14 bits per heavy atom. The molecule has 4 heterocycles. The zero-order valence-electron chi connectivity index (χ0n) is 15.7. The lowest BCUT2D eigenvalue weighted by molar-refractivity contribution is -0.0902. The fourth-order valence-electron chi connectivity index (χ4n) is 3.40. The number of anilines is 1. The second-order valence-corrected chi connectivity index (χ2v) is 7.13. The number of hydrogen-bond donors (Lipinski definition) is 1. The molecule has 2 saturated heterocycles. The predicted octanol–water partition coefficient (Wildman–Crippen LogP) is 2.89. The maximum Gasteiger partial charge on any atom is 0.321 e. The van der Waals surface area contributed by atoms with E-state index in [2.05, 4.69) is 15.4 Å². The molecule has 2 fully saturated rings. The number of carbonyl (C=O) groups is 1. The van der Waals surface area contributed by atoms with E-state index in [9.17, 15) is 9.18 Å². The molecule has 0 spiro atoms. The molecule has 2 aromatic heterocycles. The first-order valence-electron chi connectivity index (χ1n) is 9.58. The number of carbonyl (C=O) groups excluding carboxylic acids is 1. The van der Waals surface area contributed by atoms with Crippen LogP contribution < -0.4 is 5.32 Å². The van der Waals surface area contributed by atoms with Gasteiger partial charge in [0.1, 0.15) is 17.6 Å². The highest BCUT2D eigenvalue weighted by Gasteiger charge is 2.21. The van der Waals surface area contributed by atoms with Gasteiger partial charge < -0.3 is 19.7 Å². The number of halogens is 1. The highest BCUT2D eigenvalue weighted by molar-refractivity contribution is 5.90. The maximum atomic E-state index is 14.5. The molecule has 2 amide bonds. The molecular weight excluding hydrogens is 377 g/mol. The number of hydrogen-bond acceptors (Lipinski definition) is 5. The van der Waals surface area contributed by atoms with Gasteiger partial charge in [-0.25, -0.2) is 18.9 Å². The van der Waals surface area contributed by atoms with E-state index in [1.54, 1.807) is 23.4 Å². The molecule has 1 unspecified atom stereocenters. The summed E-state index contributed by atoms with van der Waals surface area (Å²) in [5.41, 5.74) is 2.15. The minimum Gasteiger partial charge on any atom is -0.376 e. The Labute approximate surface area is 166 Å². The zero-order chi connectivity index (χ0) is 19.8. The summed E-state index contributed by atoms with van der Waals surface area (Å²) < 4.78 is 27.1. The molecule has 29 heavy (non-hydrogen) atoms. The number of fused-ring (bicyclic) bond motifs is 1. The summed E-state index contributed by atoms with van der Waals surface area (Å²) >= 11 is 0. The maximum absolute atomic E-state index is 14.5. The van der Waals surface area contributed by atoms with Gasteiger partial charge in [-0.15, -0.1) is 5.10 Å². The number of benzene rings is 1. The first-order chi connectivity index (χ1) is 14.2. The van der Waals surface area contributed by atoms with Crippen molar-refractivity contribution in [2.45, 2.75) is 12.5 Å². The third kappa shape index (κ3) is 3.54. The number of pyridine rings is 1. The molecule has 1 atom stereocenters. The van der Waals surface area contributed by atoms with E-state index >= 15 is 0 Å².